The summed E-state index contributed by atoms with van der Waals surface area (Å²) in [5, 5.41) is 0. The number of nitrogens with zero attached hydrogens (tertiary/aromatic N) is 2. The zero-order valence-corrected chi connectivity index (χ0v) is 17.7. The van der Waals surface area contributed by atoms with Gasteiger partial charge in [0.2, 0.25) is 10.0 Å². The molecular weight excluding hydrogens is 407 g/mol. The Labute approximate surface area is 177 Å². The maximum absolute atomic E-state index is 13.5. The summed E-state index contributed by atoms with van der Waals surface area (Å²) in [5.74, 6) is 0.770. The van der Waals surface area contributed by atoms with Gasteiger partial charge in [-0.3, -0.25) is 4.98 Å². The molecule has 1 atom stereocenters. The summed E-state index contributed by atoms with van der Waals surface area (Å²) < 4.78 is 52.6. The number of hydrogen-bond donors (Lipinski definition) is 0. The van der Waals surface area contributed by atoms with Crippen molar-refractivity contribution < 1.29 is 22.3 Å². The molecule has 2 fully saturated rings. The highest BCUT2D eigenvalue weighted by Crippen LogP contribution is 2.39. The van der Waals surface area contributed by atoms with Crippen LogP contribution >= 0.6 is 0 Å². The molecule has 1 aromatic carbocycles. The minimum atomic E-state index is -3.69. The molecule has 1 unspecified atom stereocenters. The minimum Gasteiger partial charge on any atom is -0.493 e. The van der Waals surface area contributed by atoms with Gasteiger partial charge in [0.25, 0.3) is 0 Å². The summed E-state index contributed by atoms with van der Waals surface area (Å²) in [7, 11) is -3.69. The lowest BCUT2D eigenvalue weighted by atomic mass is 9.79. The first kappa shape index (κ1) is 21.2. The van der Waals surface area contributed by atoms with Crippen molar-refractivity contribution in [2.24, 2.45) is 5.92 Å². The molecule has 2 aliphatic heterocycles. The number of aromatic nitrogens is 1. The van der Waals surface area contributed by atoms with Crippen molar-refractivity contribution >= 4 is 10.0 Å². The Hall–Kier alpha value is -2.03. The van der Waals surface area contributed by atoms with E-state index < -0.39 is 15.8 Å². The van der Waals surface area contributed by atoms with E-state index in [4.69, 9.17) is 9.47 Å². The number of benzene rings is 1. The van der Waals surface area contributed by atoms with E-state index in [0.717, 1.165) is 31.1 Å². The highest BCUT2D eigenvalue weighted by molar-refractivity contribution is 7.89. The van der Waals surface area contributed by atoms with Crippen LogP contribution in [0.3, 0.4) is 0 Å². The fourth-order valence-corrected chi connectivity index (χ4v) is 5.89. The van der Waals surface area contributed by atoms with Gasteiger partial charge in [-0.1, -0.05) is 6.07 Å². The lowest BCUT2D eigenvalue weighted by Crippen LogP contribution is -2.50. The minimum absolute atomic E-state index is 0.00847. The first-order valence-corrected chi connectivity index (χ1v) is 11.8. The van der Waals surface area contributed by atoms with Crippen molar-refractivity contribution in [2.45, 2.75) is 42.6 Å². The van der Waals surface area contributed by atoms with Crippen LogP contribution in [0.5, 0.6) is 5.75 Å². The highest BCUT2D eigenvalue weighted by atomic mass is 32.2. The average molecular weight is 435 g/mol. The fourth-order valence-electron chi connectivity index (χ4n) is 4.41. The number of halogens is 1. The quantitative estimate of drug-likeness (QED) is 0.694. The van der Waals surface area contributed by atoms with Gasteiger partial charge in [-0.2, -0.15) is 4.31 Å². The predicted molar refractivity (Wildman–Crippen MR) is 110 cm³/mol. The molecule has 4 rings (SSSR count). The van der Waals surface area contributed by atoms with E-state index in [9.17, 15) is 12.8 Å². The standard InChI is InChI=1S/C22H27FN2O4S/c23-19-2-1-3-21(16-19)30(26,27)25-12-8-22(9-13-25)17-18(7-15-29-22)6-14-28-20-4-10-24-11-5-20/h1-5,10-11,16,18H,6-9,12-15,17H2. The monoisotopic (exact) mass is 434 g/mol. The molecule has 0 bridgehead atoms. The second-order valence-corrected chi connectivity index (χ2v) is 10.0. The van der Waals surface area contributed by atoms with Crippen LogP contribution in [0.15, 0.2) is 53.7 Å². The molecule has 3 heterocycles. The van der Waals surface area contributed by atoms with Gasteiger partial charge in [0.1, 0.15) is 11.6 Å². The summed E-state index contributed by atoms with van der Waals surface area (Å²) in [6, 6.07) is 8.89. The lowest BCUT2D eigenvalue weighted by Gasteiger charge is -2.45. The Morgan fingerprint density at radius 2 is 1.97 bits per heavy atom. The van der Waals surface area contributed by atoms with Crippen LogP contribution in [0.4, 0.5) is 4.39 Å². The van der Waals surface area contributed by atoms with E-state index >= 15 is 0 Å². The molecule has 0 amide bonds. The van der Waals surface area contributed by atoms with Crippen molar-refractivity contribution in [3.8, 4) is 5.75 Å². The first-order valence-electron chi connectivity index (χ1n) is 10.4. The molecule has 0 N–H and O–H groups in total. The van der Waals surface area contributed by atoms with Gasteiger partial charge in [-0.05, 0) is 68.4 Å². The molecule has 30 heavy (non-hydrogen) atoms. The number of rotatable bonds is 6. The largest absolute Gasteiger partial charge is 0.493 e. The lowest BCUT2D eigenvalue weighted by molar-refractivity contribution is -0.122. The van der Waals surface area contributed by atoms with Gasteiger partial charge in [0.05, 0.1) is 17.1 Å². The smallest absolute Gasteiger partial charge is 0.243 e. The van der Waals surface area contributed by atoms with E-state index in [0.29, 0.717) is 45.1 Å². The molecule has 2 aromatic rings. The van der Waals surface area contributed by atoms with E-state index in [1.165, 1.54) is 22.5 Å². The van der Waals surface area contributed by atoms with Gasteiger partial charge in [-0.15, -0.1) is 0 Å². The fraction of sp³-hybridized carbons (Fsp3) is 0.500. The number of piperidine rings is 1. The maximum Gasteiger partial charge on any atom is 0.243 e. The molecule has 1 aromatic heterocycles. The van der Waals surface area contributed by atoms with E-state index in [1.807, 2.05) is 12.1 Å². The summed E-state index contributed by atoms with van der Waals surface area (Å²) in [6.45, 7) is 2.11. The molecule has 0 radical (unpaired) electrons. The third-order valence-corrected chi connectivity index (χ3v) is 8.00. The van der Waals surface area contributed by atoms with Gasteiger partial charge < -0.3 is 9.47 Å². The van der Waals surface area contributed by atoms with Crippen molar-refractivity contribution in [3.05, 3.63) is 54.6 Å². The number of sulfonamides is 1. The van der Waals surface area contributed by atoms with Gasteiger partial charge >= 0.3 is 0 Å². The first-order chi connectivity index (χ1) is 14.5. The van der Waals surface area contributed by atoms with Crippen LogP contribution in [0.2, 0.25) is 0 Å². The normalized spacial score (nSPS) is 22.1. The second-order valence-electron chi connectivity index (χ2n) is 8.07. The van der Waals surface area contributed by atoms with Crippen LogP contribution < -0.4 is 4.74 Å². The van der Waals surface area contributed by atoms with Crippen LogP contribution in [-0.4, -0.2) is 49.6 Å². The Bertz CT molecular complexity index is 947. The van der Waals surface area contributed by atoms with E-state index in [2.05, 4.69) is 4.98 Å². The van der Waals surface area contributed by atoms with Crippen LogP contribution in [-0.2, 0) is 14.8 Å². The van der Waals surface area contributed by atoms with Gasteiger partial charge in [0.15, 0.2) is 0 Å². The molecule has 0 aliphatic carbocycles. The zero-order chi connectivity index (χ0) is 21.0. The molecule has 8 heteroatoms. The van der Waals surface area contributed by atoms with Crippen molar-refractivity contribution in [1.82, 2.24) is 9.29 Å². The average Bonchev–Trinajstić information content (AvgIpc) is 2.75. The SMILES string of the molecule is O=S(=O)(c1cccc(F)c1)N1CCC2(CC1)CC(CCOc1ccncc1)CCO2. The third kappa shape index (κ3) is 4.82. The molecule has 2 saturated heterocycles. The topological polar surface area (TPSA) is 68.7 Å². The Morgan fingerprint density at radius 3 is 2.70 bits per heavy atom. The number of pyridine rings is 1. The summed E-state index contributed by atoms with van der Waals surface area (Å²) >= 11 is 0. The number of ether oxygens (including phenoxy) is 2. The van der Waals surface area contributed by atoms with Gasteiger partial charge in [-0.25, -0.2) is 12.8 Å². The molecule has 1 spiro atoms. The Balaban J connectivity index is 1.32. The maximum atomic E-state index is 13.5. The van der Waals surface area contributed by atoms with Crippen molar-refractivity contribution in [2.75, 3.05) is 26.3 Å². The van der Waals surface area contributed by atoms with E-state index in [1.54, 1.807) is 12.4 Å². The van der Waals surface area contributed by atoms with Crippen LogP contribution in [0.25, 0.3) is 0 Å². The molecule has 162 valence electrons. The molecule has 2 aliphatic rings. The Morgan fingerprint density at radius 1 is 1.20 bits per heavy atom. The van der Waals surface area contributed by atoms with Crippen molar-refractivity contribution in [1.29, 1.82) is 0 Å². The second kappa shape index (κ2) is 8.99. The van der Waals surface area contributed by atoms with Crippen molar-refractivity contribution in [3.63, 3.8) is 0 Å². The van der Waals surface area contributed by atoms with Crippen LogP contribution in [0, 0.1) is 11.7 Å². The zero-order valence-electron chi connectivity index (χ0n) is 16.9. The highest BCUT2D eigenvalue weighted by Gasteiger charge is 2.42. The van der Waals surface area contributed by atoms with Crippen LogP contribution in [0.1, 0.15) is 32.1 Å². The number of hydrogen-bond acceptors (Lipinski definition) is 5. The summed E-state index contributed by atoms with van der Waals surface area (Å²) in [5.41, 5.74) is -0.270. The molecular formula is C22H27FN2O4S. The molecule has 0 saturated carbocycles. The van der Waals surface area contributed by atoms with Gasteiger partial charge in [0, 0.05) is 32.1 Å². The third-order valence-electron chi connectivity index (χ3n) is 6.11. The summed E-state index contributed by atoms with van der Waals surface area (Å²) in [4.78, 5) is 3.99. The van der Waals surface area contributed by atoms with E-state index in [-0.39, 0.29) is 10.5 Å². The summed E-state index contributed by atoms with van der Waals surface area (Å²) in [6.07, 6.45) is 7.59. The predicted octanol–water partition coefficient (Wildman–Crippen LogP) is 3.64. The Kier molecular flexibility index (Phi) is 6.36. The molecule has 6 nitrogen and oxygen atoms in total.